The van der Waals surface area contributed by atoms with Crippen molar-refractivity contribution in [1.82, 2.24) is 19.9 Å². The molecule has 0 aliphatic heterocycles. The molecule has 0 amide bonds. The summed E-state index contributed by atoms with van der Waals surface area (Å²) >= 11 is 16.8. The molecule has 3 aromatic rings. The quantitative estimate of drug-likeness (QED) is 0.428. The SMILES string of the molecule is Cc1cc(Cl)nc(Cl)n1.Cc1cc(N[C@H]2CCc3ccccc32)nc(Cl)n1. The van der Waals surface area contributed by atoms with Crippen LogP contribution in [0.15, 0.2) is 36.4 Å². The first-order chi connectivity index (χ1) is 12.9. The van der Waals surface area contributed by atoms with E-state index >= 15 is 0 Å². The number of aryl methyl sites for hydroxylation is 3. The molecule has 1 aromatic carbocycles. The summed E-state index contributed by atoms with van der Waals surface area (Å²) in [6, 6.07) is 12.4. The normalized spacial score (nSPS) is 14.9. The molecule has 1 aliphatic rings. The molecule has 0 radical (unpaired) electrons. The van der Waals surface area contributed by atoms with Crippen LogP contribution in [0.5, 0.6) is 0 Å². The van der Waals surface area contributed by atoms with Crippen LogP contribution in [0.3, 0.4) is 0 Å². The Bertz CT molecular complexity index is 878. The smallest absolute Gasteiger partial charge is 0.224 e. The van der Waals surface area contributed by atoms with Crippen LogP contribution in [0.1, 0.15) is 35.0 Å². The van der Waals surface area contributed by atoms with Gasteiger partial charge in [-0.25, -0.2) is 19.9 Å². The maximum absolute atomic E-state index is 5.87. The molecule has 1 N–H and O–H groups in total. The van der Waals surface area contributed by atoms with Gasteiger partial charge in [0.2, 0.25) is 10.6 Å². The first-order valence-corrected chi connectivity index (χ1v) is 9.56. The monoisotopic (exact) mass is 421 g/mol. The zero-order valence-corrected chi connectivity index (χ0v) is 17.1. The predicted molar refractivity (Wildman–Crippen MR) is 110 cm³/mol. The van der Waals surface area contributed by atoms with Crippen LogP contribution in [0.4, 0.5) is 5.82 Å². The molecule has 0 bridgehead atoms. The van der Waals surface area contributed by atoms with Gasteiger partial charge in [-0.2, -0.15) is 0 Å². The van der Waals surface area contributed by atoms with Gasteiger partial charge < -0.3 is 5.32 Å². The highest BCUT2D eigenvalue weighted by molar-refractivity contribution is 6.31. The molecule has 8 heteroatoms. The largest absolute Gasteiger partial charge is 0.363 e. The van der Waals surface area contributed by atoms with E-state index < -0.39 is 0 Å². The van der Waals surface area contributed by atoms with E-state index in [1.165, 1.54) is 11.1 Å². The standard InChI is InChI=1S/C14H14ClN3.C5H4Cl2N2/c1-9-8-13(18-14(15)16-9)17-12-7-6-10-4-2-3-5-11(10)12;1-3-2-4(6)9-5(7)8-3/h2-5,8,12H,6-7H2,1H3,(H,16,17,18);2H,1H3/t12-;/m0./s1. The van der Waals surface area contributed by atoms with Crippen molar-refractivity contribution in [3.05, 3.63) is 74.6 Å². The van der Waals surface area contributed by atoms with Gasteiger partial charge in [0.15, 0.2) is 0 Å². The van der Waals surface area contributed by atoms with Crippen molar-refractivity contribution in [2.24, 2.45) is 0 Å². The highest BCUT2D eigenvalue weighted by Gasteiger charge is 2.22. The highest BCUT2D eigenvalue weighted by Crippen LogP contribution is 2.33. The lowest BCUT2D eigenvalue weighted by molar-refractivity contribution is 0.756. The highest BCUT2D eigenvalue weighted by atomic mass is 35.5. The Hall–Kier alpha value is -1.95. The van der Waals surface area contributed by atoms with E-state index in [4.69, 9.17) is 34.8 Å². The Morgan fingerprint density at radius 2 is 1.56 bits per heavy atom. The molecule has 0 saturated carbocycles. The third kappa shape index (κ3) is 5.51. The number of fused-ring (bicyclic) bond motifs is 1. The summed E-state index contributed by atoms with van der Waals surface area (Å²) in [6.07, 6.45) is 2.21. The van der Waals surface area contributed by atoms with Crippen LogP contribution >= 0.6 is 34.8 Å². The van der Waals surface area contributed by atoms with Gasteiger partial charge >= 0.3 is 0 Å². The molecule has 2 aromatic heterocycles. The molecule has 5 nitrogen and oxygen atoms in total. The summed E-state index contributed by atoms with van der Waals surface area (Å²) in [5.41, 5.74) is 4.44. The number of hydrogen-bond acceptors (Lipinski definition) is 5. The van der Waals surface area contributed by atoms with Crippen molar-refractivity contribution in [3.8, 4) is 0 Å². The van der Waals surface area contributed by atoms with Crippen molar-refractivity contribution in [2.75, 3.05) is 5.32 Å². The number of nitrogens with zero attached hydrogens (tertiary/aromatic N) is 4. The maximum atomic E-state index is 5.87. The van der Waals surface area contributed by atoms with Crippen molar-refractivity contribution < 1.29 is 0 Å². The van der Waals surface area contributed by atoms with E-state index in [9.17, 15) is 0 Å². The van der Waals surface area contributed by atoms with Gasteiger partial charge in [-0.3, -0.25) is 0 Å². The minimum absolute atomic E-state index is 0.194. The second kappa shape index (κ2) is 8.83. The minimum atomic E-state index is 0.194. The molecule has 4 rings (SSSR count). The number of halogens is 3. The van der Waals surface area contributed by atoms with Crippen molar-refractivity contribution in [2.45, 2.75) is 32.7 Å². The third-order valence-electron chi connectivity index (χ3n) is 4.08. The lowest BCUT2D eigenvalue weighted by Crippen LogP contribution is -2.09. The fraction of sp³-hybridized carbons (Fsp3) is 0.263. The molecule has 1 atom stereocenters. The van der Waals surface area contributed by atoms with E-state index in [2.05, 4.69) is 49.5 Å². The first kappa shape index (κ1) is 19.8. The second-order valence-corrected chi connectivity index (χ2v) is 7.26. The summed E-state index contributed by atoms with van der Waals surface area (Å²) in [4.78, 5) is 15.7. The van der Waals surface area contributed by atoms with Crippen LogP contribution < -0.4 is 5.32 Å². The lowest BCUT2D eigenvalue weighted by atomic mass is 10.1. The summed E-state index contributed by atoms with van der Waals surface area (Å²) in [5.74, 6) is 0.800. The Morgan fingerprint density at radius 3 is 2.22 bits per heavy atom. The Labute approximate surface area is 173 Å². The van der Waals surface area contributed by atoms with Crippen molar-refractivity contribution >= 4 is 40.6 Å². The van der Waals surface area contributed by atoms with Gasteiger partial charge in [0.25, 0.3) is 0 Å². The van der Waals surface area contributed by atoms with Crippen LogP contribution in [0, 0.1) is 13.8 Å². The minimum Gasteiger partial charge on any atom is -0.363 e. The van der Waals surface area contributed by atoms with Crippen LogP contribution in [-0.4, -0.2) is 19.9 Å². The van der Waals surface area contributed by atoms with E-state index in [0.29, 0.717) is 16.5 Å². The third-order valence-corrected chi connectivity index (χ3v) is 4.61. The Kier molecular flexibility index (Phi) is 6.47. The van der Waals surface area contributed by atoms with E-state index in [1.807, 2.05) is 13.0 Å². The van der Waals surface area contributed by atoms with E-state index in [0.717, 1.165) is 30.0 Å². The number of hydrogen-bond donors (Lipinski definition) is 1. The van der Waals surface area contributed by atoms with E-state index in [1.54, 1.807) is 13.0 Å². The number of benzene rings is 1. The summed E-state index contributed by atoms with van der Waals surface area (Å²) < 4.78 is 0. The van der Waals surface area contributed by atoms with Gasteiger partial charge in [-0.15, -0.1) is 0 Å². The molecule has 140 valence electrons. The van der Waals surface area contributed by atoms with Gasteiger partial charge in [0.1, 0.15) is 11.0 Å². The average Bonchev–Trinajstić information content (AvgIpc) is 2.96. The molecule has 2 heterocycles. The molecule has 1 aliphatic carbocycles. The van der Waals surface area contributed by atoms with Gasteiger partial charge in [-0.05, 0) is 67.1 Å². The number of anilines is 1. The summed E-state index contributed by atoms with van der Waals surface area (Å²) in [6.45, 7) is 3.72. The number of aromatic nitrogens is 4. The first-order valence-electron chi connectivity index (χ1n) is 8.43. The fourth-order valence-electron chi connectivity index (χ4n) is 2.99. The average molecular weight is 423 g/mol. The molecule has 0 fully saturated rings. The summed E-state index contributed by atoms with van der Waals surface area (Å²) in [5, 5.41) is 4.31. The van der Waals surface area contributed by atoms with Crippen LogP contribution in [0.25, 0.3) is 0 Å². The molecular formula is C19H18Cl3N5. The Balaban J connectivity index is 0.000000197. The zero-order valence-electron chi connectivity index (χ0n) is 14.9. The van der Waals surface area contributed by atoms with Crippen LogP contribution in [-0.2, 0) is 6.42 Å². The van der Waals surface area contributed by atoms with Gasteiger partial charge in [0, 0.05) is 17.5 Å². The molecule has 0 saturated heterocycles. The summed E-state index contributed by atoms with van der Waals surface area (Å²) in [7, 11) is 0. The van der Waals surface area contributed by atoms with Gasteiger partial charge in [-0.1, -0.05) is 35.9 Å². The van der Waals surface area contributed by atoms with Crippen LogP contribution in [0.2, 0.25) is 15.7 Å². The molecule has 0 unspecified atom stereocenters. The molecular weight excluding hydrogens is 405 g/mol. The molecule has 0 spiro atoms. The Morgan fingerprint density at radius 1 is 0.889 bits per heavy atom. The van der Waals surface area contributed by atoms with E-state index in [-0.39, 0.29) is 5.28 Å². The second-order valence-electron chi connectivity index (χ2n) is 6.20. The van der Waals surface area contributed by atoms with Crippen molar-refractivity contribution in [3.63, 3.8) is 0 Å². The topological polar surface area (TPSA) is 63.6 Å². The predicted octanol–water partition coefficient (Wildman–Crippen LogP) is 5.63. The number of nitrogens with one attached hydrogen (secondary N) is 1. The zero-order chi connectivity index (χ0) is 19.4. The lowest BCUT2D eigenvalue weighted by Gasteiger charge is -2.15. The molecule has 27 heavy (non-hydrogen) atoms. The van der Waals surface area contributed by atoms with Crippen molar-refractivity contribution in [1.29, 1.82) is 0 Å². The van der Waals surface area contributed by atoms with Gasteiger partial charge in [0.05, 0.1) is 6.04 Å². The maximum Gasteiger partial charge on any atom is 0.224 e. The fourth-order valence-corrected chi connectivity index (χ4v) is 3.72. The number of rotatable bonds is 2.